The Kier molecular flexibility index (Phi) is 3.26. The van der Waals surface area contributed by atoms with Crippen LogP contribution in [-0.2, 0) is 4.74 Å². The number of ether oxygens (including phenoxy) is 1. The Hall–Kier alpha value is -1.34. The number of methoxy groups -OCH3 is 1. The predicted octanol–water partition coefficient (Wildman–Crippen LogP) is 2.42. The number of carbonyl (C=O) groups is 1. The van der Waals surface area contributed by atoms with Crippen LogP contribution in [0.15, 0.2) is 16.6 Å². The average molecular weight is 254 g/mol. The van der Waals surface area contributed by atoms with Crippen molar-refractivity contribution in [3.05, 3.63) is 33.3 Å². The molecule has 1 aromatic carbocycles. The van der Waals surface area contributed by atoms with E-state index >= 15 is 0 Å². The number of hydrogen-bond donors (Lipinski definition) is 0. The van der Waals surface area contributed by atoms with Gasteiger partial charge in [0.15, 0.2) is 0 Å². The number of carbonyl (C=O) groups excluding carboxylic acids is 1. The van der Waals surface area contributed by atoms with Crippen LogP contribution in [0, 0.1) is 18.3 Å². The van der Waals surface area contributed by atoms with E-state index in [4.69, 9.17) is 5.26 Å². The molecule has 0 aliphatic heterocycles. The Labute approximate surface area is 90.4 Å². The minimum Gasteiger partial charge on any atom is -0.465 e. The summed E-state index contributed by atoms with van der Waals surface area (Å²) in [7, 11) is 1.31. The smallest absolute Gasteiger partial charge is 0.339 e. The molecule has 0 fully saturated rings. The molecular formula is C10H8BrNO2. The molecule has 0 amide bonds. The third-order valence-electron chi connectivity index (χ3n) is 1.84. The van der Waals surface area contributed by atoms with Crippen molar-refractivity contribution in [3.63, 3.8) is 0 Å². The highest BCUT2D eigenvalue weighted by molar-refractivity contribution is 9.10. The molecule has 0 radical (unpaired) electrons. The van der Waals surface area contributed by atoms with Gasteiger partial charge in [0, 0.05) is 4.47 Å². The summed E-state index contributed by atoms with van der Waals surface area (Å²) < 4.78 is 5.22. The summed E-state index contributed by atoms with van der Waals surface area (Å²) in [4.78, 5) is 11.3. The highest BCUT2D eigenvalue weighted by Crippen LogP contribution is 2.22. The van der Waals surface area contributed by atoms with Crippen molar-refractivity contribution >= 4 is 21.9 Å². The Bertz CT molecular complexity index is 421. The quantitative estimate of drug-likeness (QED) is 0.723. The van der Waals surface area contributed by atoms with E-state index in [0.29, 0.717) is 15.6 Å². The van der Waals surface area contributed by atoms with Gasteiger partial charge in [-0.05, 0) is 40.5 Å². The van der Waals surface area contributed by atoms with Gasteiger partial charge in [0.05, 0.1) is 24.3 Å². The van der Waals surface area contributed by atoms with Gasteiger partial charge >= 0.3 is 5.97 Å². The normalized spacial score (nSPS) is 9.29. The Morgan fingerprint density at radius 2 is 2.21 bits per heavy atom. The van der Waals surface area contributed by atoms with Gasteiger partial charge in [0.1, 0.15) is 0 Å². The molecule has 0 heterocycles. The van der Waals surface area contributed by atoms with E-state index in [1.54, 1.807) is 6.07 Å². The summed E-state index contributed by atoms with van der Waals surface area (Å²) in [6.45, 7) is 1.81. The van der Waals surface area contributed by atoms with Crippen molar-refractivity contribution < 1.29 is 9.53 Å². The summed E-state index contributed by atoms with van der Waals surface area (Å²) >= 11 is 3.24. The van der Waals surface area contributed by atoms with Gasteiger partial charge in [-0.25, -0.2) is 4.79 Å². The number of halogens is 1. The van der Waals surface area contributed by atoms with Gasteiger partial charge in [0.25, 0.3) is 0 Å². The monoisotopic (exact) mass is 253 g/mol. The number of benzene rings is 1. The lowest BCUT2D eigenvalue weighted by atomic mass is 10.1. The SMILES string of the molecule is COC(=O)c1cc(C#N)c(C)cc1Br. The minimum atomic E-state index is -0.451. The summed E-state index contributed by atoms with van der Waals surface area (Å²) in [5.41, 5.74) is 1.68. The van der Waals surface area contributed by atoms with Crippen molar-refractivity contribution in [2.45, 2.75) is 6.92 Å². The molecule has 0 aromatic heterocycles. The zero-order valence-electron chi connectivity index (χ0n) is 7.80. The Balaban J connectivity index is 3.33. The van der Waals surface area contributed by atoms with E-state index in [1.165, 1.54) is 13.2 Å². The summed E-state index contributed by atoms with van der Waals surface area (Å²) in [6, 6.07) is 5.26. The number of hydrogen-bond acceptors (Lipinski definition) is 3. The second-order valence-corrected chi connectivity index (χ2v) is 3.60. The standard InChI is InChI=1S/C10H8BrNO2/c1-6-3-9(11)8(10(13)14-2)4-7(6)5-12/h3-4H,1-2H3. The second kappa shape index (κ2) is 4.25. The van der Waals surface area contributed by atoms with Crippen molar-refractivity contribution in [1.82, 2.24) is 0 Å². The molecule has 0 aliphatic rings. The topological polar surface area (TPSA) is 50.1 Å². The maximum Gasteiger partial charge on any atom is 0.339 e. The Morgan fingerprint density at radius 1 is 1.57 bits per heavy atom. The van der Waals surface area contributed by atoms with E-state index in [2.05, 4.69) is 20.7 Å². The van der Waals surface area contributed by atoms with Gasteiger partial charge in [0.2, 0.25) is 0 Å². The summed E-state index contributed by atoms with van der Waals surface area (Å²) in [6.07, 6.45) is 0. The fourth-order valence-corrected chi connectivity index (χ4v) is 1.68. The molecule has 0 spiro atoms. The number of esters is 1. The third kappa shape index (κ3) is 1.94. The lowest BCUT2D eigenvalue weighted by molar-refractivity contribution is 0.0599. The number of nitrogens with zero attached hydrogens (tertiary/aromatic N) is 1. The maximum atomic E-state index is 11.3. The lowest BCUT2D eigenvalue weighted by Gasteiger charge is -2.04. The fraction of sp³-hybridized carbons (Fsp3) is 0.200. The zero-order valence-corrected chi connectivity index (χ0v) is 9.38. The third-order valence-corrected chi connectivity index (χ3v) is 2.50. The molecule has 0 unspecified atom stereocenters. The molecule has 72 valence electrons. The van der Waals surface area contributed by atoms with Gasteiger partial charge in [-0.15, -0.1) is 0 Å². The number of nitriles is 1. The fourth-order valence-electron chi connectivity index (χ4n) is 1.06. The molecule has 14 heavy (non-hydrogen) atoms. The maximum absolute atomic E-state index is 11.3. The molecule has 0 N–H and O–H groups in total. The van der Waals surface area contributed by atoms with Crippen LogP contribution < -0.4 is 0 Å². The van der Waals surface area contributed by atoms with Crippen molar-refractivity contribution in [2.75, 3.05) is 7.11 Å². The van der Waals surface area contributed by atoms with Crippen LogP contribution >= 0.6 is 15.9 Å². The first-order valence-electron chi connectivity index (χ1n) is 3.88. The van der Waals surface area contributed by atoms with E-state index in [1.807, 2.05) is 13.0 Å². The first-order valence-corrected chi connectivity index (χ1v) is 4.68. The largest absolute Gasteiger partial charge is 0.465 e. The van der Waals surface area contributed by atoms with E-state index < -0.39 is 5.97 Å². The molecule has 3 nitrogen and oxygen atoms in total. The molecular weight excluding hydrogens is 246 g/mol. The molecule has 4 heteroatoms. The van der Waals surface area contributed by atoms with Crippen molar-refractivity contribution in [2.24, 2.45) is 0 Å². The van der Waals surface area contributed by atoms with E-state index in [-0.39, 0.29) is 0 Å². The van der Waals surface area contributed by atoms with E-state index in [9.17, 15) is 4.79 Å². The molecule has 0 saturated heterocycles. The van der Waals surface area contributed by atoms with Gasteiger partial charge in [-0.1, -0.05) is 0 Å². The van der Waals surface area contributed by atoms with Crippen LogP contribution in [0.5, 0.6) is 0 Å². The lowest BCUT2D eigenvalue weighted by Crippen LogP contribution is -2.03. The molecule has 0 aliphatic carbocycles. The van der Waals surface area contributed by atoms with Gasteiger partial charge in [-0.2, -0.15) is 5.26 Å². The average Bonchev–Trinajstić information content (AvgIpc) is 2.17. The summed E-state index contributed by atoms with van der Waals surface area (Å²) in [5, 5.41) is 8.77. The van der Waals surface area contributed by atoms with Gasteiger partial charge < -0.3 is 4.74 Å². The van der Waals surface area contributed by atoms with Crippen molar-refractivity contribution in [3.8, 4) is 6.07 Å². The second-order valence-electron chi connectivity index (χ2n) is 2.75. The zero-order chi connectivity index (χ0) is 10.7. The van der Waals surface area contributed by atoms with Crippen LogP contribution in [-0.4, -0.2) is 13.1 Å². The minimum absolute atomic E-state index is 0.370. The van der Waals surface area contributed by atoms with Crippen LogP contribution in [0.2, 0.25) is 0 Å². The predicted molar refractivity (Wildman–Crippen MR) is 54.9 cm³/mol. The Morgan fingerprint density at radius 3 is 2.71 bits per heavy atom. The van der Waals surface area contributed by atoms with Crippen LogP contribution in [0.4, 0.5) is 0 Å². The first kappa shape index (κ1) is 10.7. The van der Waals surface area contributed by atoms with Crippen LogP contribution in [0.25, 0.3) is 0 Å². The molecule has 1 aromatic rings. The first-order chi connectivity index (χ1) is 6.60. The van der Waals surface area contributed by atoms with Gasteiger partial charge in [-0.3, -0.25) is 0 Å². The van der Waals surface area contributed by atoms with E-state index in [0.717, 1.165) is 5.56 Å². The summed E-state index contributed by atoms with van der Waals surface area (Å²) in [5.74, 6) is -0.451. The molecule has 1 rings (SSSR count). The highest BCUT2D eigenvalue weighted by atomic mass is 79.9. The number of aryl methyl sites for hydroxylation is 1. The van der Waals surface area contributed by atoms with Crippen molar-refractivity contribution in [1.29, 1.82) is 5.26 Å². The van der Waals surface area contributed by atoms with Crippen LogP contribution in [0.1, 0.15) is 21.5 Å². The highest BCUT2D eigenvalue weighted by Gasteiger charge is 2.12. The molecule has 0 saturated carbocycles. The molecule has 0 atom stereocenters. The van der Waals surface area contributed by atoms with Crippen LogP contribution in [0.3, 0.4) is 0 Å². The molecule has 0 bridgehead atoms. The number of rotatable bonds is 1.